The molecule has 3 rings (SSSR count). The summed E-state index contributed by atoms with van der Waals surface area (Å²) in [5.74, 6) is 0. The van der Waals surface area contributed by atoms with E-state index in [1.165, 1.54) is 33.1 Å². The first-order valence-electron chi connectivity index (χ1n) is 8.45. The normalized spacial score (nSPS) is 12.2. The van der Waals surface area contributed by atoms with Gasteiger partial charge in [0.25, 0.3) is 0 Å². The Kier molecular flexibility index (Phi) is 14.3. The SMILES string of the molecule is CCCC[NH-].[CH2-]c1c(C2=C(C)C(C)=CC2)ccc2ccccc12.[Cl-].[Cl-].[Ti+2]. The molecule has 0 unspecified atom stereocenters. The predicted octanol–water partition coefficient (Wildman–Crippen LogP) is 0.990. The minimum Gasteiger partial charge on any atom is -1.00 e. The van der Waals surface area contributed by atoms with Gasteiger partial charge in [0.2, 0.25) is 0 Å². The number of unbranched alkanes of at least 4 members (excludes halogenated alkanes) is 1. The van der Waals surface area contributed by atoms with Gasteiger partial charge >= 0.3 is 21.7 Å². The van der Waals surface area contributed by atoms with Gasteiger partial charge in [0.05, 0.1) is 0 Å². The Bertz CT molecular complexity index is 749. The van der Waals surface area contributed by atoms with Gasteiger partial charge in [-0.25, -0.2) is 0 Å². The number of nitrogens with one attached hydrogen (secondary N) is 1. The van der Waals surface area contributed by atoms with E-state index in [2.05, 4.69) is 70.2 Å². The Morgan fingerprint density at radius 3 is 2.19 bits per heavy atom. The second-order valence-corrected chi connectivity index (χ2v) is 6.11. The Labute approximate surface area is 186 Å². The van der Waals surface area contributed by atoms with Gasteiger partial charge < -0.3 is 30.5 Å². The average molecular weight is 424 g/mol. The van der Waals surface area contributed by atoms with E-state index in [9.17, 15) is 0 Å². The molecule has 0 saturated carbocycles. The Balaban J connectivity index is 0. The van der Waals surface area contributed by atoms with Gasteiger partial charge in [-0.2, -0.15) is 19.0 Å². The van der Waals surface area contributed by atoms with Crippen LogP contribution in [0.5, 0.6) is 0 Å². The molecule has 0 aromatic heterocycles. The molecule has 2 aromatic rings. The van der Waals surface area contributed by atoms with Crippen molar-refractivity contribution >= 4 is 16.3 Å². The molecular weight excluding hydrogens is 397 g/mol. The van der Waals surface area contributed by atoms with Crippen LogP contribution in [0.3, 0.4) is 0 Å². The third-order valence-electron chi connectivity index (χ3n) is 4.55. The zero-order chi connectivity index (χ0) is 16.8. The minimum absolute atomic E-state index is 0. The smallest absolute Gasteiger partial charge is 1.00 e. The summed E-state index contributed by atoms with van der Waals surface area (Å²) in [5.41, 5.74) is 13.3. The summed E-state index contributed by atoms with van der Waals surface area (Å²) < 4.78 is 0. The van der Waals surface area contributed by atoms with Crippen molar-refractivity contribution in [1.82, 2.24) is 0 Å². The summed E-state index contributed by atoms with van der Waals surface area (Å²) in [7, 11) is 0. The van der Waals surface area contributed by atoms with E-state index in [1.807, 2.05) is 0 Å². The quantitative estimate of drug-likeness (QED) is 0.519. The first-order valence-corrected chi connectivity index (χ1v) is 8.45. The van der Waals surface area contributed by atoms with Crippen LogP contribution in [-0.2, 0) is 21.7 Å². The third kappa shape index (κ3) is 6.48. The van der Waals surface area contributed by atoms with E-state index in [4.69, 9.17) is 5.73 Å². The molecule has 1 nitrogen and oxygen atoms in total. The molecule has 0 spiro atoms. The second kappa shape index (κ2) is 13.5. The van der Waals surface area contributed by atoms with Gasteiger partial charge in [0.15, 0.2) is 0 Å². The number of fused-ring (bicyclic) bond motifs is 1. The molecule has 0 atom stereocenters. The Morgan fingerprint density at radius 1 is 1.04 bits per heavy atom. The molecule has 0 fully saturated rings. The molecule has 26 heavy (non-hydrogen) atoms. The van der Waals surface area contributed by atoms with Gasteiger partial charge in [0.1, 0.15) is 0 Å². The number of halogens is 2. The number of hydrogen-bond acceptors (Lipinski definition) is 0. The van der Waals surface area contributed by atoms with Crippen LogP contribution in [0.2, 0.25) is 0 Å². The van der Waals surface area contributed by atoms with Crippen molar-refractivity contribution in [2.45, 2.75) is 40.0 Å². The maximum atomic E-state index is 6.60. The number of hydrogen-bond donors (Lipinski definition) is 0. The topological polar surface area (TPSA) is 23.8 Å². The van der Waals surface area contributed by atoms with Crippen LogP contribution in [0.1, 0.15) is 51.2 Å². The van der Waals surface area contributed by atoms with Crippen molar-refractivity contribution in [2.24, 2.45) is 0 Å². The predicted molar refractivity (Wildman–Crippen MR) is 103 cm³/mol. The van der Waals surface area contributed by atoms with E-state index >= 15 is 0 Å². The zero-order valence-corrected chi connectivity index (χ0v) is 18.9. The van der Waals surface area contributed by atoms with Gasteiger partial charge in [-0.3, -0.25) is 0 Å². The molecule has 2 aromatic carbocycles. The van der Waals surface area contributed by atoms with Crippen molar-refractivity contribution in [2.75, 3.05) is 6.54 Å². The first-order chi connectivity index (χ1) is 11.1. The van der Waals surface area contributed by atoms with E-state index in [1.54, 1.807) is 0 Å². The van der Waals surface area contributed by atoms with Crippen molar-refractivity contribution in [3.63, 3.8) is 0 Å². The van der Waals surface area contributed by atoms with Crippen LogP contribution < -0.4 is 24.8 Å². The minimum atomic E-state index is 0. The summed E-state index contributed by atoms with van der Waals surface area (Å²) in [5, 5.41) is 2.53. The standard InChI is InChI=1S/C18H17.C4H10N.2ClH.Ti/c1-12-8-10-17(13(12)2)18-11-9-15-6-4-5-7-16(15)14(18)3;1-2-3-4-5;;;/h4-9,11H,3,10H2,1-2H3;5H,2-4H2,1H3;2*1H;/q2*-1;;;+2/p-2. The maximum Gasteiger partial charge on any atom is 2.00 e. The molecule has 0 heterocycles. The van der Waals surface area contributed by atoms with Crippen LogP contribution in [0.25, 0.3) is 22.1 Å². The van der Waals surface area contributed by atoms with Gasteiger partial charge in [0, 0.05) is 0 Å². The number of allylic oxidation sites excluding steroid dienone is 4. The second-order valence-electron chi connectivity index (χ2n) is 6.11. The number of benzene rings is 2. The fourth-order valence-corrected chi connectivity index (χ4v) is 2.91. The monoisotopic (exact) mass is 423 g/mol. The fourth-order valence-electron chi connectivity index (χ4n) is 2.91. The van der Waals surface area contributed by atoms with Crippen molar-refractivity contribution in [3.8, 4) is 0 Å². The molecule has 0 aliphatic heterocycles. The van der Waals surface area contributed by atoms with E-state index in [-0.39, 0.29) is 46.5 Å². The average Bonchev–Trinajstić information content (AvgIpc) is 2.89. The van der Waals surface area contributed by atoms with E-state index < -0.39 is 0 Å². The van der Waals surface area contributed by atoms with Crippen LogP contribution in [-0.4, -0.2) is 6.54 Å². The molecule has 0 saturated heterocycles. The molecular formula is C22H27Cl2NTi-2. The molecule has 140 valence electrons. The fraction of sp³-hybridized carbons (Fsp3) is 0.318. The number of rotatable bonds is 3. The first kappa shape index (κ1) is 27.5. The largest absolute Gasteiger partial charge is 2.00 e. The van der Waals surface area contributed by atoms with E-state index in [0.29, 0.717) is 6.54 Å². The van der Waals surface area contributed by atoms with Crippen molar-refractivity contribution in [1.29, 1.82) is 0 Å². The van der Waals surface area contributed by atoms with Gasteiger partial charge in [-0.05, 0) is 20.3 Å². The van der Waals surface area contributed by atoms with Crippen LogP contribution in [0.4, 0.5) is 0 Å². The van der Waals surface area contributed by atoms with Crippen molar-refractivity contribution < 1.29 is 46.5 Å². The van der Waals surface area contributed by atoms with Gasteiger partial charge in [-0.1, -0.05) is 72.2 Å². The maximum absolute atomic E-state index is 6.60. The summed E-state index contributed by atoms with van der Waals surface area (Å²) in [6.07, 6.45) is 5.56. The molecule has 0 bridgehead atoms. The summed E-state index contributed by atoms with van der Waals surface area (Å²) in [4.78, 5) is 0. The van der Waals surface area contributed by atoms with Crippen LogP contribution in [0, 0.1) is 6.92 Å². The summed E-state index contributed by atoms with van der Waals surface area (Å²) >= 11 is 0. The Hall–Kier alpha value is -0.696. The summed E-state index contributed by atoms with van der Waals surface area (Å²) in [6.45, 7) is 11.4. The third-order valence-corrected chi connectivity index (χ3v) is 4.55. The molecule has 1 N–H and O–H groups in total. The molecule has 0 radical (unpaired) electrons. The molecule has 1 aliphatic rings. The Morgan fingerprint density at radius 2 is 1.69 bits per heavy atom. The molecule has 1 aliphatic carbocycles. The van der Waals surface area contributed by atoms with Gasteiger partial charge in [-0.15, -0.1) is 23.1 Å². The van der Waals surface area contributed by atoms with Crippen LogP contribution >= 0.6 is 0 Å². The van der Waals surface area contributed by atoms with Crippen molar-refractivity contribution in [3.05, 3.63) is 77.4 Å². The molecule has 4 heteroatoms. The van der Waals surface area contributed by atoms with E-state index in [0.717, 1.165) is 24.8 Å². The zero-order valence-electron chi connectivity index (χ0n) is 15.8. The van der Waals surface area contributed by atoms with Crippen LogP contribution in [0.15, 0.2) is 53.6 Å². The molecule has 0 amide bonds. The summed E-state index contributed by atoms with van der Waals surface area (Å²) in [6, 6.07) is 12.9.